The average molecular weight is 227 g/mol. The third kappa shape index (κ3) is 4.33. The first-order valence-corrected chi connectivity index (χ1v) is 6.53. The van der Waals surface area contributed by atoms with E-state index < -0.39 is 0 Å². The van der Waals surface area contributed by atoms with E-state index in [4.69, 9.17) is 5.11 Å². The van der Waals surface area contributed by atoms with Gasteiger partial charge in [-0.3, -0.25) is 0 Å². The van der Waals surface area contributed by atoms with E-state index in [1.807, 2.05) is 11.3 Å². The average Bonchev–Trinajstić information content (AvgIpc) is 2.72. The number of thiophene rings is 1. The summed E-state index contributed by atoms with van der Waals surface area (Å²) in [4.78, 5) is 1.41. The molecular formula is C12H21NOS. The van der Waals surface area contributed by atoms with Crippen LogP contribution < -0.4 is 5.32 Å². The van der Waals surface area contributed by atoms with Crippen LogP contribution in [0.3, 0.4) is 0 Å². The zero-order valence-corrected chi connectivity index (χ0v) is 10.4. The second-order valence-electron chi connectivity index (χ2n) is 4.00. The monoisotopic (exact) mass is 227 g/mol. The number of hydrogen-bond acceptors (Lipinski definition) is 3. The minimum Gasteiger partial charge on any atom is -0.396 e. The molecule has 0 aliphatic carbocycles. The van der Waals surface area contributed by atoms with Gasteiger partial charge in [0.1, 0.15) is 0 Å². The van der Waals surface area contributed by atoms with Crippen molar-refractivity contribution in [3.8, 4) is 0 Å². The van der Waals surface area contributed by atoms with Crippen LogP contribution in [0.4, 0.5) is 0 Å². The van der Waals surface area contributed by atoms with E-state index in [1.54, 1.807) is 0 Å². The SMILES string of the molecule is CCC(NCC(C)CCO)c1cccs1. The molecule has 2 unspecified atom stereocenters. The Morgan fingerprint density at radius 2 is 2.33 bits per heavy atom. The molecule has 2 nitrogen and oxygen atoms in total. The van der Waals surface area contributed by atoms with Gasteiger partial charge in [0.05, 0.1) is 0 Å². The van der Waals surface area contributed by atoms with Gasteiger partial charge in [-0.25, -0.2) is 0 Å². The van der Waals surface area contributed by atoms with E-state index in [0.717, 1.165) is 19.4 Å². The fourth-order valence-corrected chi connectivity index (χ4v) is 2.49. The van der Waals surface area contributed by atoms with Crippen molar-refractivity contribution in [1.82, 2.24) is 5.32 Å². The van der Waals surface area contributed by atoms with Crippen molar-refractivity contribution in [3.63, 3.8) is 0 Å². The second kappa shape index (κ2) is 6.99. The molecule has 0 aliphatic rings. The van der Waals surface area contributed by atoms with E-state index in [1.165, 1.54) is 4.88 Å². The topological polar surface area (TPSA) is 32.3 Å². The van der Waals surface area contributed by atoms with E-state index >= 15 is 0 Å². The molecule has 0 aliphatic heterocycles. The van der Waals surface area contributed by atoms with Crippen LogP contribution in [0.5, 0.6) is 0 Å². The Labute approximate surface area is 96.3 Å². The molecule has 0 amide bonds. The Kier molecular flexibility index (Phi) is 5.91. The van der Waals surface area contributed by atoms with Crippen LogP contribution in [-0.4, -0.2) is 18.3 Å². The van der Waals surface area contributed by atoms with Crippen molar-refractivity contribution in [1.29, 1.82) is 0 Å². The first-order chi connectivity index (χ1) is 7.27. The van der Waals surface area contributed by atoms with Gasteiger partial charge in [-0.15, -0.1) is 11.3 Å². The Hall–Kier alpha value is -0.380. The van der Waals surface area contributed by atoms with Crippen LogP contribution in [0.1, 0.15) is 37.6 Å². The molecule has 1 aromatic heterocycles. The summed E-state index contributed by atoms with van der Waals surface area (Å²) in [7, 11) is 0. The van der Waals surface area contributed by atoms with Crippen molar-refractivity contribution in [3.05, 3.63) is 22.4 Å². The summed E-state index contributed by atoms with van der Waals surface area (Å²) in [6, 6.07) is 4.76. The summed E-state index contributed by atoms with van der Waals surface area (Å²) in [6.07, 6.45) is 2.00. The van der Waals surface area contributed by atoms with E-state index in [9.17, 15) is 0 Å². The number of hydrogen-bond donors (Lipinski definition) is 2. The van der Waals surface area contributed by atoms with Crippen LogP contribution in [0.15, 0.2) is 17.5 Å². The van der Waals surface area contributed by atoms with E-state index in [0.29, 0.717) is 18.6 Å². The molecule has 1 rings (SSSR count). The first kappa shape index (κ1) is 12.7. The standard InChI is InChI=1S/C12H21NOS/c1-3-11(12-5-4-8-15-12)13-9-10(2)6-7-14/h4-5,8,10-11,13-14H,3,6-7,9H2,1-2H3. The molecule has 3 heteroatoms. The number of nitrogens with one attached hydrogen (secondary N) is 1. The third-order valence-electron chi connectivity index (χ3n) is 2.63. The summed E-state index contributed by atoms with van der Waals surface area (Å²) >= 11 is 1.81. The molecule has 2 N–H and O–H groups in total. The van der Waals surface area contributed by atoms with Crippen LogP contribution in [0.2, 0.25) is 0 Å². The normalized spacial score (nSPS) is 15.1. The molecule has 1 heterocycles. The maximum Gasteiger partial charge on any atom is 0.0434 e. The molecule has 0 saturated heterocycles. The fraction of sp³-hybridized carbons (Fsp3) is 0.667. The van der Waals surface area contributed by atoms with Crippen molar-refractivity contribution in [2.45, 2.75) is 32.7 Å². The largest absolute Gasteiger partial charge is 0.396 e. The lowest BCUT2D eigenvalue weighted by Gasteiger charge is -2.18. The molecule has 0 fully saturated rings. The lowest BCUT2D eigenvalue weighted by atomic mass is 10.1. The lowest BCUT2D eigenvalue weighted by Crippen LogP contribution is -2.25. The zero-order chi connectivity index (χ0) is 11.1. The molecule has 0 spiro atoms. The van der Waals surface area contributed by atoms with Crippen LogP contribution in [-0.2, 0) is 0 Å². The van der Waals surface area contributed by atoms with Gasteiger partial charge in [0, 0.05) is 17.5 Å². The number of aliphatic hydroxyl groups is 1. The summed E-state index contributed by atoms with van der Waals surface area (Å²) < 4.78 is 0. The Morgan fingerprint density at radius 3 is 2.87 bits per heavy atom. The van der Waals surface area contributed by atoms with Crippen LogP contribution >= 0.6 is 11.3 Å². The smallest absolute Gasteiger partial charge is 0.0434 e. The van der Waals surface area contributed by atoms with Gasteiger partial charge >= 0.3 is 0 Å². The van der Waals surface area contributed by atoms with Crippen molar-refractivity contribution in [2.75, 3.05) is 13.2 Å². The number of rotatable bonds is 7. The van der Waals surface area contributed by atoms with Gasteiger partial charge in [-0.05, 0) is 36.8 Å². The zero-order valence-electron chi connectivity index (χ0n) is 9.57. The highest BCUT2D eigenvalue weighted by molar-refractivity contribution is 7.10. The highest BCUT2D eigenvalue weighted by Crippen LogP contribution is 2.21. The predicted molar refractivity (Wildman–Crippen MR) is 66.2 cm³/mol. The molecule has 2 atom stereocenters. The fourth-order valence-electron chi connectivity index (χ4n) is 1.60. The maximum absolute atomic E-state index is 8.82. The molecule has 0 bridgehead atoms. The van der Waals surface area contributed by atoms with Crippen molar-refractivity contribution < 1.29 is 5.11 Å². The molecule has 1 aromatic rings. The van der Waals surface area contributed by atoms with Gasteiger partial charge in [0.2, 0.25) is 0 Å². The number of aliphatic hydroxyl groups excluding tert-OH is 1. The first-order valence-electron chi connectivity index (χ1n) is 5.65. The summed E-state index contributed by atoms with van der Waals surface area (Å²) in [5, 5.41) is 14.5. The second-order valence-corrected chi connectivity index (χ2v) is 4.98. The van der Waals surface area contributed by atoms with Gasteiger partial charge in [-0.2, -0.15) is 0 Å². The van der Waals surface area contributed by atoms with Crippen molar-refractivity contribution >= 4 is 11.3 Å². The Morgan fingerprint density at radius 1 is 1.53 bits per heavy atom. The minimum absolute atomic E-state index is 0.290. The lowest BCUT2D eigenvalue weighted by molar-refractivity contribution is 0.257. The van der Waals surface area contributed by atoms with Crippen molar-refractivity contribution in [2.24, 2.45) is 5.92 Å². The minimum atomic E-state index is 0.290. The highest BCUT2D eigenvalue weighted by atomic mass is 32.1. The van der Waals surface area contributed by atoms with Crippen LogP contribution in [0, 0.1) is 5.92 Å². The Bertz CT molecular complexity index is 248. The summed E-state index contributed by atoms with van der Waals surface area (Å²) in [6.45, 7) is 5.65. The quantitative estimate of drug-likeness (QED) is 0.750. The van der Waals surface area contributed by atoms with E-state index in [-0.39, 0.29) is 0 Å². The molecule has 86 valence electrons. The Balaban J connectivity index is 2.35. The van der Waals surface area contributed by atoms with Gasteiger partial charge in [0.25, 0.3) is 0 Å². The molecule has 15 heavy (non-hydrogen) atoms. The van der Waals surface area contributed by atoms with Gasteiger partial charge in [-0.1, -0.05) is 19.9 Å². The summed E-state index contributed by atoms with van der Waals surface area (Å²) in [5.41, 5.74) is 0. The van der Waals surface area contributed by atoms with Gasteiger partial charge in [0.15, 0.2) is 0 Å². The molecule has 0 saturated carbocycles. The third-order valence-corrected chi connectivity index (χ3v) is 3.62. The van der Waals surface area contributed by atoms with Crippen LogP contribution in [0.25, 0.3) is 0 Å². The maximum atomic E-state index is 8.82. The predicted octanol–water partition coefficient (Wildman–Crippen LogP) is 2.81. The van der Waals surface area contributed by atoms with Gasteiger partial charge < -0.3 is 10.4 Å². The highest BCUT2D eigenvalue weighted by Gasteiger charge is 2.10. The summed E-state index contributed by atoms with van der Waals surface area (Å²) in [5.74, 6) is 0.545. The molecular weight excluding hydrogens is 206 g/mol. The van der Waals surface area contributed by atoms with E-state index in [2.05, 4.69) is 36.7 Å². The molecule has 0 aromatic carbocycles. The molecule has 0 radical (unpaired) electrons.